The lowest BCUT2D eigenvalue weighted by Gasteiger charge is -2.28. The van der Waals surface area contributed by atoms with Gasteiger partial charge < -0.3 is 5.32 Å². The molecule has 15 heavy (non-hydrogen) atoms. The van der Waals surface area contributed by atoms with Gasteiger partial charge in [-0.15, -0.1) is 0 Å². The fraction of sp³-hybridized carbons (Fsp3) is 0.750. The molecule has 0 radical (unpaired) electrons. The van der Waals surface area contributed by atoms with Gasteiger partial charge in [0.25, 0.3) is 0 Å². The van der Waals surface area contributed by atoms with Crippen LogP contribution < -0.4 is 5.32 Å². The van der Waals surface area contributed by atoms with Crippen molar-refractivity contribution in [1.82, 2.24) is 15.1 Å². The van der Waals surface area contributed by atoms with E-state index in [1.54, 1.807) is 0 Å². The van der Waals surface area contributed by atoms with Crippen molar-refractivity contribution in [3.63, 3.8) is 0 Å². The van der Waals surface area contributed by atoms with Crippen LogP contribution in [-0.4, -0.2) is 22.4 Å². The number of rotatable bonds is 5. The summed E-state index contributed by atoms with van der Waals surface area (Å²) in [4.78, 5) is 0. The molecule has 1 atom stereocenters. The van der Waals surface area contributed by atoms with Crippen molar-refractivity contribution in [2.24, 2.45) is 13.0 Å². The minimum Gasteiger partial charge on any atom is -0.314 e. The van der Waals surface area contributed by atoms with E-state index >= 15 is 0 Å². The largest absolute Gasteiger partial charge is 0.314 e. The molecule has 84 valence electrons. The molecule has 0 spiro atoms. The molecule has 1 aliphatic carbocycles. The first-order valence-corrected chi connectivity index (χ1v) is 5.95. The Morgan fingerprint density at radius 2 is 2.40 bits per heavy atom. The van der Waals surface area contributed by atoms with Crippen LogP contribution in [0.3, 0.4) is 0 Å². The average molecular weight is 207 g/mol. The van der Waals surface area contributed by atoms with E-state index in [1.807, 2.05) is 17.9 Å². The Hall–Kier alpha value is -0.830. The van der Waals surface area contributed by atoms with Crippen molar-refractivity contribution in [3.05, 3.63) is 18.0 Å². The fourth-order valence-electron chi connectivity index (χ4n) is 2.03. The Balaban J connectivity index is 1.69. The van der Waals surface area contributed by atoms with Crippen LogP contribution >= 0.6 is 0 Å². The number of hydrogen-bond acceptors (Lipinski definition) is 2. The van der Waals surface area contributed by atoms with Gasteiger partial charge in [0.1, 0.15) is 0 Å². The smallest absolute Gasteiger partial charge is 0.0521 e. The third-order valence-electron chi connectivity index (χ3n) is 3.20. The summed E-state index contributed by atoms with van der Waals surface area (Å²) in [6.45, 7) is 3.44. The molecule has 1 aromatic heterocycles. The summed E-state index contributed by atoms with van der Waals surface area (Å²) >= 11 is 0. The molecule has 0 aromatic carbocycles. The van der Waals surface area contributed by atoms with Crippen LogP contribution in [0.25, 0.3) is 0 Å². The molecule has 0 bridgehead atoms. The highest BCUT2D eigenvalue weighted by Crippen LogP contribution is 2.18. The lowest BCUT2D eigenvalue weighted by molar-refractivity contribution is 0.320. The molecule has 1 aliphatic rings. The number of nitrogens with one attached hydrogen (secondary N) is 1. The highest BCUT2D eigenvalue weighted by atomic mass is 15.2. The number of nitrogens with zero attached hydrogens (tertiary/aromatic N) is 2. The van der Waals surface area contributed by atoms with Crippen LogP contribution in [0.15, 0.2) is 12.4 Å². The zero-order chi connectivity index (χ0) is 10.7. The van der Waals surface area contributed by atoms with E-state index in [9.17, 15) is 0 Å². The summed E-state index contributed by atoms with van der Waals surface area (Å²) in [5.74, 6) is 0.704. The molecule has 3 heteroatoms. The Labute approximate surface area is 91.9 Å². The average Bonchev–Trinajstić information content (AvgIpc) is 2.48. The van der Waals surface area contributed by atoms with Crippen molar-refractivity contribution < 1.29 is 0 Å². The predicted octanol–water partition coefficient (Wildman–Crippen LogP) is 1.74. The summed E-state index contributed by atoms with van der Waals surface area (Å²) in [5.41, 5.74) is 1.35. The fourth-order valence-corrected chi connectivity index (χ4v) is 2.03. The van der Waals surface area contributed by atoms with Crippen LogP contribution in [0.2, 0.25) is 0 Å². The molecule has 3 nitrogen and oxygen atoms in total. The lowest BCUT2D eigenvalue weighted by atomic mass is 9.92. The van der Waals surface area contributed by atoms with Gasteiger partial charge in [0.05, 0.1) is 6.20 Å². The first-order valence-electron chi connectivity index (χ1n) is 5.95. The third-order valence-corrected chi connectivity index (χ3v) is 3.20. The van der Waals surface area contributed by atoms with Gasteiger partial charge in [0, 0.05) is 19.3 Å². The van der Waals surface area contributed by atoms with Crippen molar-refractivity contribution >= 4 is 0 Å². The van der Waals surface area contributed by atoms with Gasteiger partial charge in [-0.3, -0.25) is 4.68 Å². The van der Waals surface area contributed by atoms with Crippen LogP contribution in [0, 0.1) is 5.92 Å². The van der Waals surface area contributed by atoms with Crippen molar-refractivity contribution in [2.45, 2.75) is 38.6 Å². The summed E-state index contributed by atoms with van der Waals surface area (Å²) in [6.07, 6.45) is 9.38. The van der Waals surface area contributed by atoms with Crippen molar-refractivity contribution in [2.75, 3.05) is 6.54 Å². The van der Waals surface area contributed by atoms with Gasteiger partial charge in [-0.05, 0) is 37.3 Å². The van der Waals surface area contributed by atoms with E-state index in [1.165, 1.54) is 24.8 Å². The van der Waals surface area contributed by atoms with E-state index in [4.69, 9.17) is 0 Å². The van der Waals surface area contributed by atoms with E-state index in [0.29, 0.717) is 5.92 Å². The second-order valence-corrected chi connectivity index (χ2v) is 4.87. The molecule has 0 saturated heterocycles. The number of aromatic nitrogens is 2. The second kappa shape index (κ2) is 4.79. The van der Waals surface area contributed by atoms with Crippen LogP contribution in [0.4, 0.5) is 0 Å². The molecule has 0 aliphatic heterocycles. The lowest BCUT2D eigenvalue weighted by Crippen LogP contribution is -2.38. The number of aryl methyl sites for hydroxylation is 1. The third kappa shape index (κ3) is 3.06. The second-order valence-electron chi connectivity index (χ2n) is 4.87. The van der Waals surface area contributed by atoms with Crippen LogP contribution in [-0.2, 0) is 13.5 Å². The highest BCUT2D eigenvalue weighted by Gasteiger charge is 2.17. The minimum absolute atomic E-state index is 0.704. The Morgan fingerprint density at radius 1 is 1.60 bits per heavy atom. The van der Waals surface area contributed by atoms with E-state index in [0.717, 1.165) is 19.0 Å². The predicted molar refractivity (Wildman–Crippen MR) is 61.7 cm³/mol. The molecule has 1 saturated carbocycles. The van der Waals surface area contributed by atoms with Crippen LogP contribution in [0.5, 0.6) is 0 Å². The maximum absolute atomic E-state index is 4.19. The van der Waals surface area contributed by atoms with Gasteiger partial charge in [0.15, 0.2) is 0 Å². The first kappa shape index (κ1) is 10.7. The summed E-state index contributed by atoms with van der Waals surface area (Å²) in [6, 6.07) is 0.807. The Bertz CT molecular complexity index is 302. The van der Waals surface area contributed by atoms with Crippen molar-refractivity contribution in [3.8, 4) is 0 Å². The molecule has 1 aromatic rings. The molecule has 0 amide bonds. The normalized spacial score (nSPS) is 18.8. The molecule has 2 rings (SSSR count). The van der Waals surface area contributed by atoms with E-state index in [2.05, 4.69) is 23.5 Å². The maximum atomic E-state index is 4.19. The standard InChI is InChI=1S/C12H21N3/c1-10(7-13-12-4-3-5-12)6-11-8-14-15(2)9-11/h8-10,12-13H,3-7H2,1-2H3. The summed E-state index contributed by atoms with van der Waals surface area (Å²) < 4.78 is 1.88. The summed E-state index contributed by atoms with van der Waals surface area (Å²) in [5, 5.41) is 7.81. The number of hydrogen-bond donors (Lipinski definition) is 1. The summed E-state index contributed by atoms with van der Waals surface area (Å²) in [7, 11) is 1.97. The molecular formula is C12H21N3. The van der Waals surface area contributed by atoms with Gasteiger partial charge >= 0.3 is 0 Å². The minimum atomic E-state index is 0.704. The SMILES string of the molecule is CC(CNC1CCC1)Cc1cnn(C)c1. The van der Waals surface area contributed by atoms with Crippen LogP contribution in [0.1, 0.15) is 31.7 Å². The molecular weight excluding hydrogens is 186 g/mol. The quantitative estimate of drug-likeness (QED) is 0.797. The molecule has 1 unspecified atom stereocenters. The Morgan fingerprint density at radius 3 is 2.93 bits per heavy atom. The zero-order valence-corrected chi connectivity index (χ0v) is 9.74. The van der Waals surface area contributed by atoms with Gasteiger partial charge in [-0.1, -0.05) is 13.3 Å². The maximum Gasteiger partial charge on any atom is 0.0521 e. The van der Waals surface area contributed by atoms with Gasteiger partial charge in [-0.2, -0.15) is 5.10 Å². The van der Waals surface area contributed by atoms with E-state index in [-0.39, 0.29) is 0 Å². The first-order chi connectivity index (χ1) is 7.24. The molecule has 1 fully saturated rings. The zero-order valence-electron chi connectivity index (χ0n) is 9.74. The van der Waals surface area contributed by atoms with E-state index < -0.39 is 0 Å². The van der Waals surface area contributed by atoms with Crippen molar-refractivity contribution in [1.29, 1.82) is 0 Å². The van der Waals surface area contributed by atoms with Gasteiger partial charge in [-0.25, -0.2) is 0 Å². The molecule has 1 N–H and O–H groups in total. The van der Waals surface area contributed by atoms with Gasteiger partial charge in [0.2, 0.25) is 0 Å². The topological polar surface area (TPSA) is 29.9 Å². The Kier molecular flexibility index (Phi) is 3.41. The molecule has 1 heterocycles. The highest BCUT2D eigenvalue weighted by molar-refractivity contribution is 5.04. The monoisotopic (exact) mass is 207 g/mol.